The Kier molecular flexibility index (Phi) is 5.88. The van der Waals surface area contributed by atoms with E-state index in [1.165, 1.54) is 19.1 Å². The highest BCUT2D eigenvalue weighted by Gasteiger charge is 2.33. The summed E-state index contributed by atoms with van der Waals surface area (Å²) in [5.41, 5.74) is -0.477. The van der Waals surface area contributed by atoms with E-state index in [-0.39, 0.29) is 17.3 Å². The van der Waals surface area contributed by atoms with Crippen molar-refractivity contribution < 1.29 is 28.2 Å². The van der Waals surface area contributed by atoms with Gasteiger partial charge in [0.25, 0.3) is 0 Å². The fourth-order valence-electron chi connectivity index (χ4n) is 1.46. The Labute approximate surface area is 124 Å². The van der Waals surface area contributed by atoms with Gasteiger partial charge >= 0.3 is 5.97 Å². The number of benzene rings is 1. The van der Waals surface area contributed by atoms with Crippen molar-refractivity contribution in [3.63, 3.8) is 0 Å². The molecule has 7 heteroatoms. The second-order valence-corrected chi connectivity index (χ2v) is 7.25. The number of hydrogen-bond acceptors (Lipinski definition) is 6. The summed E-state index contributed by atoms with van der Waals surface area (Å²) >= 11 is 0. The minimum absolute atomic E-state index is 0.163. The molecule has 0 atom stereocenters. The van der Waals surface area contributed by atoms with Crippen molar-refractivity contribution in [2.24, 2.45) is 5.41 Å². The summed E-state index contributed by atoms with van der Waals surface area (Å²) in [5.74, 6) is -1.18. The third-order valence-corrected chi connectivity index (χ3v) is 4.85. The van der Waals surface area contributed by atoms with E-state index >= 15 is 0 Å². The maximum Gasteiger partial charge on any atom is 0.316 e. The van der Waals surface area contributed by atoms with Crippen molar-refractivity contribution in [3.8, 4) is 0 Å². The first-order valence-electron chi connectivity index (χ1n) is 6.43. The lowest BCUT2D eigenvalue weighted by Crippen LogP contribution is -2.37. The van der Waals surface area contributed by atoms with Gasteiger partial charge in [0.1, 0.15) is 12.0 Å². The van der Waals surface area contributed by atoms with Gasteiger partial charge < -0.3 is 14.9 Å². The Balaban J connectivity index is 2.63. The fourth-order valence-corrected chi connectivity index (χ4v) is 2.55. The maximum atomic E-state index is 12.0. The monoisotopic (exact) mass is 316 g/mol. The van der Waals surface area contributed by atoms with Crippen LogP contribution in [-0.4, -0.2) is 50.2 Å². The lowest BCUT2D eigenvalue weighted by atomic mass is 9.93. The summed E-state index contributed by atoms with van der Waals surface area (Å²) in [6, 6.07) is 6.37. The molecule has 0 heterocycles. The smallest absolute Gasteiger partial charge is 0.316 e. The van der Waals surface area contributed by atoms with E-state index in [4.69, 9.17) is 14.9 Å². The third-order valence-electron chi connectivity index (χ3n) is 3.16. The van der Waals surface area contributed by atoms with Crippen molar-refractivity contribution in [3.05, 3.63) is 29.8 Å². The van der Waals surface area contributed by atoms with Crippen LogP contribution in [-0.2, 0) is 19.4 Å². The normalized spacial score (nSPS) is 12.2. The highest BCUT2D eigenvalue weighted by molar-refractivity contribution is 7.91. The van der Waals surface area contributed by atoms with E-state index < -0.39 is 34.4 Å². The fraction of sp³-hybridized carbons (Fsp3) is 0.500. The largest absolute Gasteiger partial charge is 0.464 e. The van der Waals surface area contributed by atoms with Crippen molar-refractivity contribution in [1.29, 1.82) is 0 Å². The van der Waals surface area contributed by atoms with E-state index in [9.17, 15) is 13.2 Å². The highest BCUT2D eigenvalue weighted by atomic mass is 32.2. The first kappa shape index (κ1) is 17.6. The molecule has 1 aromatic carbocycles. The van der Waals surface area contributed by atoms with E-state index in [1.807, 2.05) is 6.92 Å². The lowest BCUT2D eigenvalue weighted by Gasteiger charge is -2.22. The predicted molar refractivity (Wildman–Crippen MR) is 76.5 cm³/mol. The molecule has 0 spiro atoms. The van der Waals surface area contributed by atoms with Crippen molar-refractivity contribution in [2.75, 3.05) is 25.6 Å². The van der Waals surface area contributed by atoms with Crippen LogP contribution in [0.15, 0.2) is 29.2 Å². The Morgan fingerprint density at radius 2 is 1.71 bits per heavy atom. The quantitative estimate of drug-likeness (QED) is 0.702. The van der Waals surface area contributed by atoms with Gasteiger partial charge in [-0.05, 0) is 26.0 Å². The van der Waals surface area contributed by atoms with Gasteiger partial charge in [0, 0.05) is 0 Å². The molecule has 0 unspecified atom stereocenters. The summed E-state index contributed by atoms with van der Waals surface area (Å²) in [6.45, 7) is 1.71. The standard InChI is InChI=1S/C14H20O6S/c1-11-3-5-12(6-4-11)21(18,19)8-7-20-13(17)14(2,9-15)10-16/h3-6,15-16H,7-10H2,1-2H3. The molecule has 0 aromatic heterocycles. The van der Waals surface area contributed by atoms with Crippen molar-refractivity contribution >= 4 is 15.8 Å². The zero-order valence-electron chi connectivity index (χ0n) is 12.1. The third kappa shape index (κ3) is 4.52. The van der Waals surface area contributed by atoms with Crippen LogP contribution in [0.25, 0.3) is 0 Å². The second-order valence-electron chi connectivity index (χ2n) is 5.14. The number of carbonyl (C=O) groups is 1. The van der Waals surface area contributed by atoms with Gasteiger partial charge in [0.05, 0.1) is 23.9 Å². The SMILES string of the molecule is Cc1ccc(S(=O)(=O)CCOC(=O)C(C)(CO)CO)cc1. The number of aryl methyl sites for hydroxylation is 1. The number of aliphatic hydroxyl groups is 2. The molecule has 0 radical (unpaired) electrons. The molecule has 0 amide bonds. The summed E-state index contributed by atoms with van der Waals surface area (Å²) in [7, 11) is -3.53. The molecule has 0 fully saturated rings. The predicted octanol–water partition coefficient (Wildman–Crippen LogP) is 0.303. The number of esters is 1. The van der Waals surface area contributed by atoms with Crippen LogP contribution < -0.4 is 0 Å². The molecule has 6 nitrogen and oxygen atoms in total. The molecule has 2 N–H and O–H groups in total. The van der Waals surface area contributed by atoms with Crippen molar-refractivity contribution in [1.82, 2.24) is 0 Å². The van der Waals surface area contributed by atoms with Gasteiger partial charge in [0.15, 0.2) is 9.84 Å². The molecule has 0 saturated heterocycles. The zero-order valence-corrected chi connectivity index (χ0v) is 12.9. The second kappa shape index (κ2) is 7.02. The summed E-state index contributed by atoms with van der Waals surface area (Å²) in [6.07, 6.45) is 0. The van der Waals surface area contributed by atoms with Crippen LogP contribution in [0.4, 0.5) is 0 Å². The summed E-state index contributed by atoms with van der Waals surface area (Å²) in [5, 5.41) is 18.1. The highest BCUT2D eigenvalue weighted by Crippen LogP contribution is 2.17. The molecule has 1 rings (SSSR count). The Morgan fingerprint density at radius 3 is 2.19 bits per heavy atom. The topological polar surface area (TPSA) is 101 Å². The van der Waals surface area contributed by atoms with E-state index in [2.05, 4.69) is 0 Å². The molecule has 1 aromatic rings. The maximum absolute atomic E-state index is 12.0. The number of hydrogen-bond donors (Lipinski definition) is 2. The number of aliphatic hydroxyl groups excluding tert-OH is 2. The molecule has 118 valence electrons. The van der Waals surface area contributed by atoms with Crippen LogP contribution in [0.1, 0.15) is 12.5 Å². The number of rotatable bonds is 7. The van der Waals surface area contributed by atoms with E-state index in [0.29, 0.717) is 0 Å². The Hall–Kier alpha value is -1.44. The van der Waals surface area contributed by atoms with Crippen LogP contribution in [0.2, 0.25) is 0 Å². The van der Waals surface area contributed by atoms with Crippen LogP contribution >= 0.6 is 0 Å². The summed E-state index contributed by atoms with van der Waals surface area (Å²) in [4.78, 5) is 11.8. The molecule has 0 bridgehead atoms. The summed E-state index contributed by atoms with van der Waals surface area (Å²) < 4.78 is 28.9. The van der Waals surface area contributed by atoms with Crippen LogP contribution in [0, 0.1) is 12.3 Å². The average molecular weight is 316 g/mol. The lowest BCUT2D eigenvalue weighted by molar-refractivity contribution is -0.159. The Morgan fingerprint density at radius 1 is 1.19 bits per heavy atom. The first-order chi connectivity index (χ1) is 9.75. The van der Waals surface area contributed by atoms with Gasteiger partial charge in [-0.2, -0.15) is 0 Å². The molecule has 0 aliphatic rings. The van der Waals surface area contributed by atoms with Gasteiger partial charge in [-0.1, -0.05) is 17.7 Å². The van der Waals surface area contributed by atoms with Gasteiger partial charge in [-0.3, -0.25) is 4.79 Å². The van der Waals surface area contributed by atoms with E-state index in [0.717, 1.165) is 5.56 Å². The van der Waals surface area contributed by atoms with Crippen LogP contribution in [0.5, 0.6) is 0 Å². The molecular formula is C14H20O6S. The number of carbonyl (C=O) groups excluding carboxylic acids is 1. The minimum atomic E-state index is -3.53. The Bertz CT molecular complexity index is 572. The molecular weight excluding hydrogens is 296 g/mol. The van der Waals surface area contributed by atoms with Gasteiger partial charge in [-0.25, -0.2) is 8.42 Å². The first-order valence-corrected chi connectivity index (χ1v) is 8.09. The van der Waals surface area contributed by atoms with Crippen molar-refractivity contribution in [2.45, 2.75) is 18.7 Å². The molecule has 0 aliphatic heterocycles. The molecule has 21 heavy (non-hydrogen) atoms. The minimum Gasteiger partial charge on any atom is -0.464 e. The van der Waals surface area contributed by atoms with Crippen LogP contribution in [0.3, 0.4) is 0 Å². The molecule has 0 aliphatic carbocycles. The average Bonchev–Trinajstić information content (AvgIpc) is 2.46. The van der Waals surface area contributed by atoms with E-state index in [1.54, 1.807) is 12.1 Å². The zero-order chi connectivity index (χ0) is 16.1. The molecule has 0 saturated carbocycles. The van der Waals surface area contributed by atoms with Gasteiger partial charge in [-0.15, -0.1) is 0 Å². The number of sulfone groups is 1. The van der Waals surface area contributed by atoms with Gasteiger partial charge in [0.2, 0.25) is 0 Å². The number of ether oxygens (including phenoxy) is 1.